The number of rotatable bonds is 5. The molecule has 0 bridgehead atoms. The first-order valence-corrected chi connectivity index (χ1v) is 6.05. The number of hydrogen-bond donors (Lipinski definition) is 3. The van der Waals surface area contributed by atoms with E-state index in [1.54, 1.807) is 6.07 Å². The lowest BCUT2D eigenvalue weighted by Gasteiger charge is -2.09. The van der Waals surface area contributed by atoms with Gasteiger partial charge in [0.1, 0.15) is 0 Å². The molecule has 0 atom stereocenters. The third kappa shape index (κ3) is 3.27. The van der Waals surface area contributed by atoms with Crippen LogP contribution in [-0.4, -0.2) is 33.1 Å². The molecule has 3 N–H and O–H groups in total. The third-order valence-electron chi connectivity index (χ3n) is 2.65. The van der Waals surface area contributed by atoms with E-state index < -0.39 is 0 Å². The quantitative estimate of drug-likeness (QED) is 0.741. The number of anilines is 1. The van der Waals surface area contributed by atoms with Gasteiger partial charge in [0.2, 0.25) is 0 Å². The molecular weight excluding hydrogens is 244 g/mol. The summed E-state index contributed by atoms with van der Waals surface area (Å²) in [5.74, 6) is 0.306. The maximum atomic E-state index is 12.0. The number of amides is 1. The molecule has 7 nitrogen and oxygen atoms in total. The van der Waals surface area contributed by atoms with Crippen molar-refractivity contribution in [2.45, 2.75) is 20.4 Å². The number of carbonyl (C=O) groups excluding carboxylic acids is 1. The SMILES string of the molecule is CCNc1ccc(C(=O)NCc2nn[nH]n2)c(C)c1. The zero-order valence-electron chi connectivity index (χ0n) is 10.9. The summed E-state index contributed by atoms with van der Waals surface area (Å²) < 4.78 is 0. The van der Waals surface area contributed by atoms with Gasteiger partial charge in [0.25, 0.3) is 5.91 Å². The highest BCUT2D eigenvalue weighted by atomic mass is 16.1. The standard InChI is InChI=1S/C12H16N6O/c1-3-13-9-4-5-10(8(2)6-9)12(19)14-7-11-15-17-18-16-11/h4-6,13H,3,7H2,1-2H3,(H,14,19)(H,15,16,17,18). The number of H-pyrrole nitrogens is 1. The van der Waals surface area contributed by atoms with Gasteiger partial charge >= 0.3 is 0 Å². The number of nitrogens with zero attached hydrogens (tertiary/aromatic N) is 3. The van der Waals surface area contributed by atoms with Crippen molar-refractivity contribution in [3.05, 3.63) is 35.2 Å². The van der Waals surface area contributed by atoms with Gasteiger partial charge in [0.15, 0.2) is 5.82 Å². The van der Waals surface area contributed by atoms with Crippen molar-refractivity contribution < 1.29 is 4.79 Å². The van der Waals surface area contributed by atoms with Crippen molar-refractivity contribution >= 4 is 11.6 Å². The van der Waals surface area contributed by atoms with Crippen molar-refractivity contribution in [1.29, 1.82) is 0 Å². The van der Waals surface area contributed by atoms with E-state index in [9.17, 15) is 4.79 Å². The van der Waals surface area contributed by atoms with Crippen LogP contribution >= 0.6 is 0 Å². The number of hydrogen-bond acceptors (Lipinski definition) is 5. The van der Waals surface area contributed by atoms with E-state index in [2.05, 4.69) is 31.3 Å². The molecule has 1 aromatic carbocycles. The predicted octanol–water partition coefficient (Wildman–Crippen LogP) is 0.870. The summed E-state index contributed by atoms with van der Waals surface area (Å²) in [5.41, 5.74) is 2.57. The zero-order valence-corrected chi connectivity index (χ0v) is 10.9. The van der Waals surface area contributed by atoms with Gasteiger partial charge in [-0.15, -0.1) is 10.2 Å². The number of aromatic amines is 1. The molecule has 1 aromatic heterocycles. The molecule has 2 rings (SSSR count). The molecule has 0 saturated heterocycles. The third-order valence-corrected chi connectivity index (χ3v) is 2.65. The molecule has 1 heterocycles. The van der Waals surface area contributed by atoms with Crippen LogP contribution in [0.4, 0.5) is 5.69 Å². The molecule has 7 heteroatoms. The molecule has 0 radical (unpaired) electrons. The van der Waals surface area contributed by atoms with Gasteiger partial charge in [-0.05, 0) is 37.6 Å². The lowest BCUT2D eigenvalue weighted by atomic mass is 10.1. The van der Waals surface area contributed by atoms with Crippen molar-refractivity contribution in [1.82, 2.24) is 25.9 Å². The summed E-state index contributed by atoms with van der Waals surface area (Å²) in [6.07, 6.45) is 0. The van der Waals surface area contributed by atoms with Crippen LogP contribution in [0.1, 0.15) is 28.7 Å². The van der Waals surface area contributed by atoms with Gasteiger partial charge in [0.05, 0.1) is 6.54 Å². The van der Waals surface area contributed by atoms with Crippen LogP contribution in [0.15, 0.2) is 18.2 Å². The van der Waals surface area contributed by atoms with Gasteiger partial charge in [-0.1, -0.05) is 5.21 Å². The molecule has 19 heavy (non-hydrogen) atoms. The Bertz CT molecular complexity index is 551. The highest BCUT2D eigenvalue weighted by molar-refractivity contribution is 5.95. The largest absolute Gasteiger partial charge is 0.385 e. The summed E-state index contributed by atoms with van der Waals surface area (Å²) in [4.78, 5) is 12.0. The average Bonchev–Trinajstić information content (AvgIpc) is 2.89. The summed E-state index contributed by atoms with van der Waals surface area (Å²) in [5, 5.41) is 19.3. The lowest BCUT2D eigenvalue weighted by Crippen LogP contribution is -2.24. The van der Waals surface area contributed by atoms with Gasteiger partial charge in [-0.25, -0.2) is 0 Å². The minimum absolute atomic E-state index is 0.148. The Morgan fingerprint density at radius 2 is 2.26 bits per heavy atom. The second-order valence-corrected chi connectivity index (χ2v) is 4.07. The van der Waals surface area contributed by atoms with Crippen molar-refractivity contribution in [2.24, 2.45) is 0 Å². The monoisotopic (exact) mass is 260 g/mol. The second kappa shape index (κ2) is 5.94. The number of aromatic nitrogens is 4. The van der Waals surface area contributed by atoms with E-state index in [0.29, 0.717) is 11.4 Å². The molecule has 0 spiro atoms. The topological polar surface area (TPSA) is 95.6 Å². The van der Waals surface area contributed by atoms with Crippen molar-refractivity contribution in [2.75, 3.05) is 11.9 Å². The second-order valence-electron chi connectivity index (χ2n) is 4.07. The predicted molar refractivity (Wildman–Crippen MR) is 70.7 cm³/mol. The van der Waals surface area contributed by atoms with Crippen LogP contribution in [0.25, 0.3) is 0 Å². The average molecular weight is 260 g/mol. The zero-order chi connectivity index (χ0) is 13.7. The Hall–Kier alpha value is -2.44. The Labute approximate surface area is 110 Å². The minimum Gasteiger partial charge on any atom is -0.385 e. The van der Waals surface area contributed by atoms with Gasteiger partial charge < -0.3 is 10.6 Å². The van der Waals surface area contributed by atoms with Gasteiger partial charge in [-0.3, -0.25) is 4.79 Å². The van der Waals surface area contributed by atoms with Gasteiger partial charge in [-0.2, -0.15) is 5.21 Å². The molecule has 0 aliphatic heterocycles. The number of tetrazole rings is 1. The van der Waals surface area contributed by atoms with E-state index >= 15 is 0 Å². The lowest BCUT2D eigenvalue weighted by molar-refractivity contribution is 0.0949. The molecule has 2 aromatic rings. The molecule has 0 fully saturated rings. The van der Waals surface area contributed by atoms with E-state index in [4.69, 9.17) is 0 Å². The summed E-state index contributed by atoms with van der Waals surface area (Å²) >= 11 is 0. The Morgan fingerprint density at radius 3 is 2.89 bits per heavy atom. The van der Waals surface area contributed by atoms with Crippen LogP contribution in [0.5, 0.6) is 0 Å². The highest BCUT2D eigenvalue weighted by Crippen LogP contribution is 2.15. The number of carbonyl (C=O) groups is 1. The number of nitrogens with one attached hydrogen (secondary N) is 3. The Kier molecular flexibility index (Phi) is 4.07. The summed E-state index contributed by atoms with van der Waals surface area (Å²) in [6.45, 7) is 5.04. The summed E-state index contributed by atoms with van der Waals surface area (Å²) in [7, 11) is 0. The normalized spacial score (nSPS) is 10.2. The smallest absolute Gasteiger partial charge is 0.251 e. The van der Waals surface area contributed by atoms with Crippen molar-refractivity contribution in [3.63, 3.8) is 0 Å². The first-order valence-electron chi connectivity index (χ1n) is 6.05. The fourth-order valence-electron chi connectivity index (χ4n) is 1.74. The molecule has 100 valence electrons. The van der Waals surface area contributed by atoms with Crippen LogP contribution in [0, 0.1) is 6.92 Å². The molecule has 0 aliphatic rings. The van der Waals surface area contributed by atoms with Crippen LogP contribution in [0.3, 0.4) is 0 Å². The molecule has 1 amide bonds. The first-order chi connectivity index (χ1) is 9.20. The maximum Gasteiger partial charge on any atom is 0.251 e. The molecule has 0 unspecified atom stereocenters. The number of benzene rings is 1. The van der Waals surface area contributed by atoms with E-state index in [-0.39, 0.29) is 12.5 Å². The fourth-order valence-corrected chi connectivity index (χ4v) is 1.74. The first kappa shape index (κ1) is 13.0. The van der Waals surface area contributed by atoms with Crippen molar-refractivity contribution in [3.8, 4) is 0 Å². The highest BCUT2D eigenvalue weighted by Gasteiger charge is 2.10. The van der Waals surface area contributed by atoms with E-state index in [1.807, 2.05) is 26.0 Å². The van der Waals surface area contributed by atoms with Gasteiger partial charge in [0, 0.05) is 17.8 Å². The molecule has 0 saturated carbocycles. The molecule has 0 aliphatic carbocycles. The molecular formula is C12H16N6O. The maximum absolute atomic E-state index is 12.0. The van der Waals surface area contributed by atoms with Crippen LogP contribution in [-0.2, 0) is 6.54 Å². The summed E-state index contributed by atoms with van der Waals surface area (Å²) in [6, 6.07) is 5.64. The number of aryl methyl sites for hydroxylation is 1. The van der Waals surface area contributed by atoms with E-state index in [1.165, 1.54) is 0 Å². The Morgan fingerprint density at radius 1 is 1.42 bits per heavy atom. The minimum atomic E-state index is -0.148. The van der Waals surface area contributed by atoms with Crippen LogP contribution < -0.4 is 10.6 Å². The van der Waals surface area contributed by atoms with E-state index in [0.717, 1.165) is 17.8 Å². The van der Waals surface area contributed by atoms with Crippen LogP contribution in [0.2, 0.25) is 0 Å². The Balaban J connectivity index is 2.02. The fraction of sp³-hybridized carbons (Fsp3) is 0.333.